The van der Waals surface area contributed by atoms with E-state index >= 15 is 0 Å². The van der Waals surface area contributed by atoms with Crippen LogP contribution in [0.15, 0.2) is 22.7 Å². The molecule has 106 valence electrons. The Morgan fingerprint density at radius 1 is 1.55 bits per heavy atom. The zero-order valence-electron chi connectivity index (χ0n) is 10.6. The van der Waals surface area contributed by atoms with Crippen molar-refractivity contribution in [1.29, 1.82) is 0 Å². The molecule has 1 aromatic carbocycles. The van der Waals surface area contributed by atoms with Crippen molar-refractivity contribution in [3.63, 3.8) is 0 Å². The molecule has 0 aliphatic carbocycles. The van der Waals surface area contributed by atoms with E-state index in [9.17, 15) is 9.18 Å². The Balaban J connectivity index is 2.29. The fourth-order valence-electron chi connectivity index (χ4n) is 1.85. The van der Waals surface area contributed by atoms with Crippen molar-refractivity contribution in [3.8, 4) is 11.4 Å². The monoisotopic (exact) mass is 342 g/mol. The number of benzene rings is 1. The Morgan fingerprint density at radius 2 is 2.30 bits per heavy atom. The summed E-state index contributed by atoms with van der Waals surface area (Å²) in [6.45, 7) is 2.14. The second-order valence-corrected chi connectivity index (χ2v) is 5.28. The van der Waals surface area contributed by atoms with Gasteiger partial charge in [0.15, 0.2) is 5.82 Å². The first-order chi connectivity index (χ1) is 9.49. The summed E-state index contributed by atoms with van der Waals surface area (Å²) in [5.74, 6) is -1.02. The van der Waals surface area contributed by atoms with Crippen LogP contribution in [-0.2, 0) is 11.3 Å². The van der Waals surface area contributed by atoms with Crippen LogP contribution in [0.1, 0.15) is 13.3 Å². The Morgan fingerprint density at radius 3 is 3.00 bits per heavy atom. The molecule has 0 fully saturated rings. The molecule has 6 nitrogen and oxygen atoms in total. The molecule has 0 spiro atoms. The molecule has 1 heterocycles. The summed E-state index contributed by atoms with van der Waals surface area (Å²) < 4.78 is 15.3. The lowest BCUT2D eigenvalue weighted by atomic mass is 10.1. The van der Waals surface area contributed by atoms with Crippen LogP contribution in [0, 0.1) is 11.7 Å². The number of carboxylic acid groups (broad SMARTS) is 1. The molecule has 0 amide bonds. The first-order valence-electron chi connectivity index (χ1n) is 5.91. The van der Waals surface area contributed by atoms with Crippen molar-refractivity contribution in [2.45, 2.75) is 19.9 Å². The normalized spacial score (nSPS) is 12.3. The predicted octanol–water partition coefficient (Wildman–Crippen LogP) is 2.35. The van der Waals surface area contributed by atoms with Gasteiger partial charge in [0.25, 0.3) is 0 Å². The highest BCUT2D eigenvalue weighted by Crippen LogP contribution is 2.28. The molecular formula is C12H12BrFN4O2. The third-order valence-electron chi connectivity index (χ3n) is 2.73. The lowest BCUT2D eigenvalue weighted by Crippen LogP contribution is -2.14. The predicted molar refractivity (Wildman–Crippen MR) is 72.3 cm³/mol. The van der Waals surface area contributed by atoms with Gasteiger partial charge in [-0.2, -0.15) is 0 Å². The van der Waals surface area contributed by atoms with Crippen LogP contribution < -0.4 is 0 Å². The number of aliphatic carboxylic acids is 1. The average molecular weight is 343 g/mol. The van der Waals surface area contributed by atoms with Crippen LogP contribution in [0.2, 0.25) is 0 Å². The summed E-state index contributed by atoms with van der Waals surface area (Å²) >= 11 is 3.16. The first kappa shape index (κ1) is 14.6. The molecule has 0 saturated heterocycles. The summed E-state index contributed by atoms with van der Waals surface area (Å²) in [5, 5.41) is 20.0. The number of rotatable bonds is 5. The lowest BCUT2D eigenvalue weighted by Gasteiger charge is -2.10. The van der Waals surface area contributed by atoms with Crippen molar-refractivity contribution in [2.24, 2.45) is 5.92 Å². The molecule has 2 aromatic rings. The van der Waals surface area contributed by atoms with Crippen molar-refractivity contribution in [3.05, 3.63) is 28.5 Å². The van der Waals surface area contributed by atoms with Gasteiger partial charge >= 0.3 is 5.97 Å². The SMILES string of the molecule is CC(CC(=O)O)Cn1nnnc1-c1cccc(F)c1Br. The van der Waals surface area contributed by atoms with Crippen molar-refractivity contribution < 1.29 is 14.3 Å². The van der Waals surface area contributed by atoms with Gasteiger partial charge in [-0.3, -0.25) is 4.79 Å². The van der Waals surface area contributed by atoms with Gasteiger partial charge in [-0.1, -0.05) is 13.0 Å². The number of aromatic nitrogens is 4. The summed E-state index contributed by atoms with van der Waals surface area (Å²) in [4.78, 5) is 10.7. The second kappa shape index (κ2) is 6.08. The van der Waals surface area contributed by atoms with E-state index < -0.39 is 11.8 Å². The second-order valence-electron chi connectivity index (χ2n) is 4.49. The maximum Gasteiger partial charge on any atom is 0.303 e. The van der Waals surface area contributed by atoms with Crippen LogP contribution in [0.25, 0.3) is 11.4 Å². The molecule has 0 bridgehead atoms. The van der Waals surface area contributed by atoms with E-state index in [-0.39, 0.29) is 16.8 Å². The van der Waals surface area contributed by atoms with Gasteiger partial charge in [0.2, 0.25) is 0 Å². The first-order valence-corrected chi connectivity index (χ1v) is 6.70. The molecule has 1 aromatic heterocycles. The molecule has 8 heteroatoms. The van der Waals surface area contributed by atoms with Gasteiger partial charge < -0.3 is 5.11 Å². The fraction of sp³-hybridized carbons (Fsp3) is 0.333. The molecule has 1 N–H and O–H groups in total. The van der Waals surface area contributed by atoms with Crippen molar-refractivity contribution >= 4 is 21.9 Å². The lowest BCUT2D eigenvalue weighted by molar-refractivity contribution is -0.138. The van der Waals surface area contributed by atoms with Crippen LogP contribution in [0.5, 0.6) is 0 Å². The Kier molecular flexibility index (Phi) is 4.43. The van der Waals surface area contributed by atoms with E-state index in [1.807, 2.05) is 0 Å². The van der Waals surface area contributed by atoms with Gasteiger partial charge in [-0.25, -0.2) is 9.07 Å². The molecule has 1 unspecified atom stereocenters. The van der Waals surface area contributed by atoms with Crippen LogP contribution in [0.3, 0.4) is 0 Å². The highest BCUT2D eigenvalue weighted by atomic mass is 79.9. The molecule has 0 radical (unpaired) electrons. The van der Waals surface area contributed by atoms with Gasteiger partial charge in [-0.15, -0.1) is 5.10 Å². The molecular weight excluding hydrogens is 331 g/mol. The molecule has 0 aliphatic rings. The molecule has 2 rings (SSSR count). The van der Waals surface area contributed by atoms with Crippen molar-refractivity contribution in [2.75, 3.05) is 0 Å². The molecule has 0 saturated carbocycles. The summed E-state index contributed by atoms with van der Waals surface area (Å²) in [6.07, 6.45) is 0.0175. The maximum absolute atomic E-state index is 13.5. The number of carbonyl (C=O) groups is 1. The summed E-state index contributed by atoms with van der Waals surface area (Å²) in [5.41, 5.74) is 0.525. The zero-order chi connectivity index (χ0) is 14.7. The largest absolute Gasteiger partial charge is 0.481 e. The fourth-order valence-corrected chi connectivity index (χ4v) is 2.30. The number of halogens is 2. The topological polar surface area (TPSA) is 80.9 Å². The smallest absolute Gasteiger partial charge is 0.303 e. The Bertz CT molecular complexity index is 632. The van der Waals surface area contributed by atoms with E-state index in [0.717, 1.165) is 0 Å². The van der Waals surface area contributed by atoms with Gasteiger partial charge in [0.1, 0.15) is 5.82 Å². The number of hydrogen-bond donors (Lipinski definition) is 1. The molecule has 20 heavy (non-hydrogen) atoms. The molecule has 1 atom stereocenters. The molecule has 0 aliphatic heterocycles. The number of carboxylic acids is 1. The van der Waals surface area contributed by atoms with E-state index in [4.69, 9.17) is 5.11 Å². The van der Waals surface area contributed by atoms with Crippen LogP contribution >= 0.6 is 15.9 Å². The van der Waals surface area contributed by atoms with E-state index in [1.54, 1.807) is 19.1 Å². The third kappa shape index (κ3) is 3.19. The van der Waals surface area contributed by atoms with Gasteiger partial charge in [0.05, 0.1) is 4.47 Å². The highest BCUT2D eigenvalue weighted by Gasteiger charge is 2.17. The average Bonchev–Trinajstić information content (AvgIpc) is 2.79. The minimum absolute atomic E-state index is 0.0175. The van der Waals surface area contributed by atoms with Crippen LogP contribution in [-0.4, -0.2) is 31.3 Å². The Hall–Kier alpha value is -1.83. The van der Waals surface area contributed by atoms with Crippen LogP contribution in [0.4, 0.5) is 4.39 Å². The van der Waals surface area contributed by atoms with E-state index in [2.05, 4.69) is 31.5 Å². The number of nitrogens with zero attached hydrogens (tertiary/aromatic N) is 4. The van der Waals surface area contributed by atoms with E-state index in [1.165, 1.54) is 10.7 Å². The van der Waals surface area contributed by atoms with Gasteiger partial charge in [-0.05, 0) is 44.4 Å². The number of tetrazole rings is 1. The summed E-state index contributed by atoms with van der Waals surface area (Å²) in [7, 11) is 0. The minimum atomic E-state index is -0.876. The van der Waals surface area contributed by atoms with Gasteiger partial charge in [0, 0.05) is 18.5 Å². The number of hydrogen-bond acceptors (Lipinski definition) is 4. The standard InChI is InChI=1S/C12H12BrFN4O2/c1-7(5-10(19)20)6-18-12(15-16-17-18)8-3-2-4-9(14)11(8)13/h2-4,7H,5-6H2,1H3,(H,19,20). The maximum atomic E-state index is 13.5. The van der Waals surface area contributed by atoms with E-state index in [0.29, 0.717) is 17.9 Å². The van der Waals surface area contributed by atoms with Crippen molar-refractivity contribution in [1.82, 2.24) is 20.2 Å². The minimum Gasteiger partial charge on any atom is -0.481 e. The quantitative estimate of drug-likeness (QED) is 0.901. The highest BCUT2D eigenvalue weighted by molar-refractivity contribution is 9.10. The third-order valence-corrected chi connectivity index (χ3v) is 3.54. The Labute approximate surface area is 122 Å². The zero-order valence-corrected chi connectivity index (χ0v) is 12.2. The summed E-state index contributed by atoms with van der Waals surface area (Å²) in [6, 6.07) is 4.58.